The summed E-state index contributed by atoms with van der Waals surface area (Å²) in [6.07, 6.45) is 0. The quantitative estimate of drug-likeness (QED) is 0.757. The van der Waals surface area contributed by atoms with E-state index in [2.05, 4.69) is 0 Å². The first kappa shape index (κ1) is 17.0. The normalized spacial score (nSPS) is 13.3. The lowest BCUT2D eigenvalue weighted by Crippen LogP contribution is -2.43. The Morgan fingerprint density at radius 2 is 1.80 bits per heavy atom. The van der Waals surface area contributed by atoms with E-state index >= 15 is 0 Å². The van der Waals surface area contributed by atoms with Gasteiger partial charge in [-0.2, -0.15) is 0 Å². The number of carbonyl (C=O) groups is 1. The molecule has 0 aliphatic carbocycles. The molecule has 0 spiro atoms. The number of para-hydroxylation sites is 1. The first-order chi connectivity index (χ1) is 9.22. The van der Waals surface area contributed by atoms with Crippen molar-refractivity contribution in [1.82, 2.24) is 0 Å². The summed E-state index contributed by atoms with van der Waals surface area (Å²) in [7, 11) is -3.59. The summed E-state index contributed by atoms with van der Waals surface area (Å²) in [5.41, 5.74) is 1.39. The van der Waals surface area contributed by atoms with Crippen LogP contribution in [0.1, 0.15) is 39.2 Å². The zero-order valence-electron chi connectivity index (χ0n) is 12.1. The summed E-state index contributed by atoms with van der Waals surface area (Å²) in [6.45, 7) is 7.00. The lowest BCUT2D eigenvalue weighted by Gasteiger charge is -2.30. The average Bonchev–Trinajstić information content (AvgIpc) is 2.38. The lowest BCUT2D eigenvalue weighted by atomic mass is 10.0. The van der Waals surface area contributed by atoms with Gasteiger partial charge in [0.25, 0.3) is 0 Å². The summed E-state index contributed by atoms with van der Waals surface area (Å²) >= 11 is 5.52. The summed E-state index contributed by atoms with van der Waals surface area (Å²) < 4.78 is 25.8. The van der Waals surface area contributed by atoms with E-state index in [1.807, 2.05) is 26.0 Å². The number of anilines is 1. The minimum Gasteiger partial charge on any atom is -0.279 e. The molecule has 0 bridgehead atoms. The topological polar surface area (TPSA) is 54.5 Å². The number of nitrogens with zero attached hydrogens (tertiary/aromatic N) is 1. The summed E-state index contributed by atoms with van der Waals surface area (Å²) in [5, 5.41) is -0.694. The van der Waals surface area contributed by atoms with Gasteiger partial charge in [0.2, 0.25) is 15.3 Å². The highest BCUT2D eigenvalue weighted by Gasteiger charge is 2.31. The number of halogens is 1. The minimum absolute atomic E-state index is 0.0893. The zero-order valence-corrected chi connectivity index (χ0v) is 13.7. The molecule has 0 aliphatic rings. The Kier molecular flexibility index (Phi) is 5.59. The van der Waals surface area contributed by atoms with E-state index in [9.17, 15) is 13.2 Å². The zero-order chi connectivity index (χ0) is 15.5. The molecule has 1 atom stereocenters. The molecule has 112 valence electrons. The van der Waals surface area contributed by atoms with Crippen molar-refractivity contribution in [1.29, 1.82) is 0 Å². The molecule has 0 saturated carbocycles. The molecule has 0 heterocycles. The Hall–Kier alpha value is -1.07. The Morgan fingerprint density at radius 1 is 1.25 bits per heavy atom. The highest BCUT2D eigenvalue weighted by molar-refractivity contribution is 7.92. The second-order valence-corrected chi connectivity index (χ2v) is 7.40. The van der Waals surface area contributed by atoms with Gasteiger partial charge < -0.3 is 0 Å². The van der Waals surface area contributed by atoms with E-state index in [0.717, 1.165) is 9.87 Å². The van der Waals surface area contributed by atoms with Gasteiger partial charge in [0.05, 0.1) is 11.4 Å². The molecular weight excluding hydrogens is 298 g/mol. The number of sulfonamides is 1. The Morgan fingerprint density at radius 3 is 2.25 bits per heavy atom. The standard InChI is InChI=1S/C14H20ClNO3S/c1-5-20(18,19)16(11(4)14(15)17)13-9-7-6-8-12(13)10(2)3/h6-11H,5H2,1-4H3. The Bertz CT molecular complexity index is 584. The van der Waals surface area contributed by atoms with Gasteiger partial charge in [0, 0.05) is 0 Å². The smallest absolute Gasteiger partial charge is 0.245 e. The number of carbonyl (C=O) groups excluding carboxylic acids is 1. The lowest BCUT2D eigenvalue weighted by molar-refractivity contribution is -0.112. The molecule has 0 N–H and O–H groups in total. The van der Waals surface area contributed by atoms with Gasteiger partial charge in [0.1, 0.15) is 6.04 Å². The van der Waals surface area contributed by atoms with Crippen molar-refractivity contribution < 1.29 is 13.2 Å². The summed E-state index contributed by atoms with van der Waals surface area (Å²) in [5.74, 6) is 0.0480. The van der Waals surface area contributed by atoms with Crippen molar-refractivity contribution in [2.45, 2.75) is 39.7 Å². The van der Waals surface area contributed by atoms with Gasteiger partial charge in [-0.25, -0.2) is 8.42 Å². The summed E-state index contributed by atoms with van der Waals surface area (Å²) in [4.78, 5) is 11.5. The molecule has 6 heteroatoms. The van der Waals surface area contributed by atoms with Crippen LogP contribution in [-0.2, 0) is 14.8 Å². The number of hydrogen-bond acceptors (Lipinski definition) is 3. The Labute approximate surface area is 125 Å². The van der Waals surface area contributed by atoms with Crippen LogP contribution in [0.4, 0.5) is 5.69 Å². The van der Waals surface area contributed by atoms with Crippen molar-refractivity contribution in [3.05, 3.63) is 29.8 Å². The van der Waals surface area contributed by atoms with Crippen LogP contribution in [0.5, 0.6) is 0 Å². The third kappa shape index (κ3) is 3.52. The highest BCUT2D eigenvalue weighted by atomic mass is 35.5. The maximum absolute atomic E-state index is 12.3. The second-order valence-electron chi connectivity index (χ2n) is 4.89. The monoisotopic (exact) mass is 317 g/mol. The molecule has 0 radical (unpaired) electrons. The molecule has 0 aromatic heterocycles. The van der Waals surface area contributed by atoms with Crippen molar-refractivity contribution in [3.8, 4) is 0 Å². The third-order valence-electron chi connectivity index (χ3n) is 3.14. The van der Waals surface area contributed by atoms with Gasteiger partial charge in [-0.15, -0.1) is 0 Å². The van der Waals surface area contributed by atoms with Crippen molar-refractivity contribution in [3.63, 3.8) is 0 Å². The van der Waals surface area contributed by atoms with Crippen LogP contribution < -0.4 is 4.31 Å². The third-order valence-corrected chi connectivity index (χ3v) is 5.30. The maximum atomic E-state index is 12.3. The maximum Gasteiger partial charge on any atom is 0.245 e. The van der Waals surface area contributed by atoms with Crippen LogP contribution in [0.3, 0.4) is 0 Å². The first-order valence-electron chi connectivity index (χ1n) is 6.52. The van der Waals surface area contributed by atoms with E-state index in [4.69, 9.17) is 11.6 Å². The second kappa shape index (κ2) is 6.59. The van der Waals surface area contributed by atoms with Crippen LogP contribution in [0.2, 0.25) is 0 Å². The van der Waals surface area contributed by atoms with Gasteiger partial charge in [0.15, 0.2) is 0 Å². The van der Waals surface area contributed by atoms with Gasteiger partial charge >= 0.3 is 0 Å². The van der Waals surface area contributed by atoms with Crippen LogP contribution in [0.15, 0.2) is 24.3 Å². The molecule has 1 unspecified atom stereocenters. The van der Waals surface area contributed by atoms with Gasteiger partial charge in [-0.1, -0.05) is 32.0 Å². The Balaban J connectivity index is 3.51. The van der Waals surface area contributed by atoms with Crippen LogP contribution in [-0.4, -0.2) is 25.5 Å². The summed E-state index contributed by atoms with van der Waals surface area (Å²) in [6, 6.07) is 6.25. The molecular formula is C14H20ClNO3S. The minimum atomic E-state index is -3.59. The van der Waals surface area contributed by atoms with Crippen LogP contribution in [0.25, 0.3) is 0 Å². The fraction of sp³-hybridized carbons (Fsp3) is 0.500. The number of rotatable bonds is 6. The van der Waals surface area contributed by atoms with E-state index < -0.39 is 21.3 Å². The van der Waals surface area contributed by atoms with Gasteiger partial charge in [-0.3, -0.25) is 9.10 Å². The fourth-order valence-electron chi connectivity index (χ4n) is 2.01. The first-order valence-corrected chi connectivity index (χ1v) is 8.51. The number of hydrogen-bond donors (Lipinski definition) is 0. The van der Waals surface area contributed by atoms with Crippen LogP contribution >= 0.6 is 11.6 Å². The van der Waals surface area contributed by atoms with E-state index in [-0.39, 0.29) is 11.7 Å². The molecule has 1 rings (SSSR count). The molecule has 0 amide bonds. The van der Waals surface area contributed by atoms with E-state index in [0.29, 0.717) is 5.69 Å². The van der Waals surface area contributed by atoms with Gasteiger partial charge in [-0.05, 0) is 43.0 Å². The van der Waals surface area contributed by atoms with E-state index in [1.54, 1.807) is 19.1 Å². The SMILES string of the molecule is CCS(=O)(=O)N(c1ccccc1C(C)C)C(C)C(=O)Cl. The van der Waals surface area contributed by atoms with Crippen molar-refractivity contribution in [2.24, 2.45) is 0 Å². The molecule has 4 nitrogen and oxygen atoms in total. The molecule has 0 aliphatic heterocycles. The molecule has 1 aromatic carbocycles. The number of benzene rings is 1. The largest absolute Gasteiger partial charge is 0.279 e. The highest BCUT2D eigenvalue weighted by Crippen LogP contribution is 2.31. The molecule has 1 aromatic rings. The molecule has 0 saturated heterocycles. The molecule has 20 heavy (non-hydrogen) atoms. The van der Waals surface area contributed by atoms with Crippen molar-refractivity contribution >= 4 is 32.6 Å². The van der Waals surface area contributed by atoms with Crippen molar-refractivity contribution in [2.75, 3.05) is 10.1 Å². The van der Waals surface area contributed by atoms with E-state index in [1.165, 1.54) is 6.92 Å². The predicted octanol–water partition coefficient (Wildman–Crippen LogP) is 3.12. The fourth-order valence-corrected chi connectivity index (χ4v) is 3.48. The predicted molar refractivity (Wildman–Crippen MR) is 82.8 cm³/mol. The average molecular weight is 318 g/mol. The molecule has 0 fully saturated rings. The van der Waals surface area contributed by atoms with Crippen LogP contribution in [0, 0.1) is 0 Å².